The Kier molecular flexibility index (Phi) is 6.27. The van der Waals surface area contributed by atoms with Crippen LogP contribution in [-0.2, 0) is 13.1 Å². The highest BCUT2D eigenvalue weighted by molar-refractivity contribution is 7.17. The van der Waals surface area contributed by atoms with Gasteiger partial charge in [-0.1, -0.05) is 35.9 Å². The Morgan fingerprint density at radius 1 is 1.06 bits per heavy atom. The maximum atomic E-state index is 12.9. The lowest BCUT2D eigenvalue weighted by molar-refractivity contribution is 0.308. The molecule has 0 radical (unpaired) electrons. The SMILES string of the molecule is COc1ccc(CN(C)Cc2nc3scc(-c4ccccc4Cl)c3c(=O)[nH]2)cc1OC. The van der Waals surface area contributed by atoms with Crippen LogP contribution in [0.1, 0.15) is 11.4 Å². The zero-order chi connectivity index (χ0) is 22.0. The van der Waals surface area contributed by atoms with Crippen LogP contribution in [0.15, 0.2) is 52.6 Å². The van der Waals surface area contributed by atoms with Gasteiger partial charge in [-0.15, -0.1) is 11.3 Å². The predicted octanol–water partition coefficient (Wildman–Crippen LogP) is 4.95. The highest BCUT2D eigenvalue weighted by Crippen LogP contribution is 2.35. The van der Waals surface area contributed by atoms with Gasteiger partial charge in [0.2, 0.25) is 0 Å². The molecule has 2 aromatic carbocycles. The van der Waals surface area contributed by atoms with Gasteiger partial charge < -0.3 is 14.5 Å². The molecule has 6 nitrogen and oxygen atoms in total. The van der Waals surface area contributed by atoms with Crippen molar-refractivity contribution in [1.29, 1.82) is 0 Å². The summed E-state index contributed by atoms with van der Waals surface area (Å²) >= 11 is 7.78. The molecule has 1 N–H and O–H groups in total. The molecule has 4 rings (SSSR count). The van der Waals surface area contributed by atoms with E-state index in [0.29, 0.717) is 45.7 Å². The topological polar surface area (TPSA) is 67.5 Å². The third kappa shape index (κ3) is 4.44. The van der Waals surface area contributed by atoms with E-state index in [9.17, 15) is 4.79 Å². The van der Waals surface area contributed by atoms with Crippen LogP contribution in [0.25, 0.3) is 21.3 Å². The summed E-state index contributed by atoms with van der Waals surface area (Å²) in [7, 11) is 5.21. The number of halogens is 1. The molecule has 0 unspecified atom stereocenters. The molecule has 2 heterocycles. The summed E-state index contributed by atoms with van der Waals surface area (Å²) in [5, 5.41) is 3.12. The van der Waals surface area contributed by atoms with Crippen LogP contribution in [-0.4, -0.2) is 36.1 Å². The normalized spacial score (nSPS) is 11.3. The molecule has 8 heteroatoms. The number of ether oxygens (including phenoxy) is 2. The number of aromatic nitrogens is 2. The fraction of sp³-hybridized carbons (Fsp3) is 0.217. The van der Waals surface area contributed by atoms with Crippen molar-refractivity contribution in [2.75, 3.05) is 21.3 Å². The van der Waals surface area contributed by atoms with Gasteiger partial charge in [0, 0.05) is 28.1 Å². The van der Waals surface area contributed by atoms with E-state index in [-0.39, 0.29) is 5.56 Å². The van der Waals surface area contributed by atoms with Gasteiger partial charge in [0.05, 0.1) is 26.2 Å². The number of aromatic amines is 1. The second-order valence-electron chi connectivity index (χ2n) is 7.18. The highest BCUT2D eigenvalue weighted by atomic mass is 35.5. The molecule has 31 heavy (non-hydrogen) atoms. The van der Waals surface area contributed by atoms with Gasteiger partial charge in [-0.3, -0.25) is 9.69 Å². The lowest BCUT2D eigenvalue weighted by Crippen LogP contribution is -2.21. The molecule has 4 aromatic rings. The molecule has 0 bridgehead atoms. The van der Waals surface area contributed by atoms with E-state index in [1.165, 1.54) is 11.3 Å². The zero-order valence-corrected chi connectivity index (χ0v) is 19.0. The van der Waals surface area contributed by atoms with Gasteiger partial charge in [-0.25, -0.2) is 4.98 Å². The summed E-state index contributed by atoms with van der Waals surface area (Å²) in [5.41, 5.74) is 2.56. The van der Waals surface area contributed by atoms with Gasteiger partial charge in [0.25, 0.3) is 5.56 Å². The summed E-state index contributed by atoms with van der Waals surface area (Å²) in [6.45, 7) is 1.16. The molecule has 0 aliphatic rings. The first kappa shape index (κ1) is 21.4. The largest absolute Gasteiger partial charge is 0.493 e. The molecule has 0 atom stereocenters. The van der Waals surface area contributed by atoms with Crippen molar-refractivity contribution in [2.45, 2.75) is 13.1 Å². The molecule has 0 saturated carbocycles. The summed E-state index contributed by atoms with van der Waals surface area (Å²) in [4.78, 5) is 23.3. The molecule has 0 aliphatic carbocycles. The van der Waals surface area contributed by atoms with E-state index in [2.05, 4.69) is 14.9 Å². The van der Waals surface area contributed by atoms with E-state index in [4.69, 9.17) is 21.1 Å². The number of nitrogens with one attached hydrogen (secondary N) is 1. The first-order valence-corrected chi connectivity index (χ1v) is 10.9. The van der Waals surface area contributed by atoms with Crippen LogP contribution in [0.5, 0.6) is 11.5 Å². The van der Waals surface area contributed by atoms with Crippen molar-refractivity contribution in [1.82, 2.24) is 14.9 Å². The lowest BCUT2D eigenvalue weighted by Gasteiger charge is -2.17. The fourth-order valence-electron chi connectivity index (χ4n) is 3.55. The van der Waals surface area contributed by atoms with E-state index in [1.54, 1.807) is 14.2 Å². The fourth-order valence-corrected chi connectivity index (χ4v) is 4.74. The highest BCUT2D eigenvalue weighted by Gasteiger charge is 2.15. The quantitative estimate of drug-likeness (QED) is 0.427. The van der Waals surface area contributed by atoms with E-state index in [0.717, 1.165) is 16.7 Å². The third-order valence-corrected chi connectivity index (χ3v) is 6.18. The number of hydrogen-bond acceptors (Lipinski definition) is 6. The van der Waals surface area contributed by atoms with Crippen LogP contribution >= 0.6 is 22.9 Å². The first-order valence-electron chi connectivity index (χ1n) is 9.65. The molecule has 160 valence electrons. The Bertz CT molecular complexity index is 1280. The number of rotatable bonds is 7. The van der Waals surface area contributed by atoms with Crippen molar-refractivity contribution in [3.8, 4) is 22.6 Å². The minimum Gasteiger partial charge on any atom is -0.493 e. The average Bonchev–Trinajstić information content (AvgIpc) is 3.18. The predicted molar refractivity (Wildman–Crippen MR) is 125 cm³/mol. The summed E-state index contributed by atoms with van der Waals surface area (Å²) in [6.07, 6.45) is 0. The van der Waals surface area contributed by atoms with Gasteiger partial charge in [0.1, 0.15) is 10.7 Å². The van der Waals surface area contributed by atoms with Crippen LogP contribution in [0.2, 0.25) is 5.02 Å². The number of fused-ring (bicyclic) bond motifs is 1. The summed E-state index contributed by atoms with van der Waals surface area (Å²) in [5.74, 6) is 2.00. The minimum absolute atomic E-state index is 0.157. The van der Waals surface area contributed by atoms with E-state index < -0.39 is 0 Å². The Labute approximate surface area is 189 Å². The Balaban J connectivity index is 1.57. The van der Waals surface area contributed by atoms with Crippen molar-refractivity contribution in [2.24, 2.45) is 0 Å². The van der Waals surface area contributed by atoms with Crippen molar-refractivity contribution in [3.63, 3.8) is 0 Å². The molecule has 2 aromatic heterocycles. The summed E-state index contributed by atoms with van der Waals surface area (Å²) < 4.78 is 10.7. The third-order valence-electron chi connectivity index (χ3n) is 4.98. The van der Waals surface area contributed by atoms with Crippen molar-refractivity contribution in [3.05, 3.63) is 74.6 Å². The number of hydrogen-bond donors (Lipinski definition) is 1. The monoisotopic (exact) mass is 455 g/mol. The smallest absolute Gasteiger partial charge is 0.260 e. The van der Waals surface area contributed by atoms with E-state index in [1.807, 2.05) is 54.9 Å². The first-order chi connectivity index (χ1) is 15.0. The van der Waals surface area contributed by atoms with Crippen LogP contribution in [0.3, 0.4) is 0 Å². The lowest BCUT2D eigenvalue weighted by atomic mass is 10.1. The molecule has 0 amide bonds. The molecule has 0 spiro atoms. The van der Waals surface area contributed by atoms with Crippen molar-refractivity contribution < 1.29 is 9.47 Å². The number of methoxy groups -OCH3 is 2. The standard InChI is InChI=1S/C23H22ClN3O3S/c1-27(11-14-8-9-18(29-2)19(10-14)30-3)12-20-25-22(28)21-16(13-31-23(21)26-20)15-6-4-5-7-17(15)24/h4-10,13H,11-12H2,1-3H3,(H,25,26,28). The molecular formula is C23H22ClN3O3S. The summed E-state index contributed by atoms with van der Waals surface area (Å²) in [6, 6.07) is 13.3. The molecule has 0 aliphatic heterocycles. The molecular weight excluding hydrogens is 434 g/mol. The van der Waals surface area contributed by atoms with Gasteiger partial charge in [-0.05, 0) is 30.8 Å². The number of nitrogens with zero attached hydrogens (tertiary/aromatic N) is 2. The Hall–Kier alpha value is -2.87. The van der Waals surface area contributed by atoms with E-state index >= 15 is 0 Å². The number of thiophene rings is 1. The van der Waals surface area contributed by atoms with Crippen LogP contribution in [0, 0.1) is 0 Å². The van der Waals surface area contributed by atoms with Crippen LogP contribution < -0.4 is 15.0 Å². The Morgan fingerprint density at radius 3 is 2.58 bits per heavy atom. The number of H-pyrrole nitrogens is 1. The van der Waals surface area contributed by atoms with Gasteiger partial charge in [0.15, 0.2) is 11.5 Å². The van der Waals surface area contributed by atoms with Crippen LogP contribution in [0.4, 0.5) is 0 Å². The second kappa shape index (κ2) is 9.09. The minimum atomic E-state index is -0.157. The van der Waals surface area contributed by atoms with Gasteiger partial charge >= 0.3 is 0 Å². The maximum Gasteiger partial charge on any atom is 0.260 e. The molecule has 0 saturated heterocycles. The maximum absolute atomic E-state index is 12.9. The second-order valence-corrected chi connectivity index (χ2v) is 8.45. The average molecular weight is 456 g/mol. The Morgan fingerprint density at radius 2 is 1.84 bits per heavy atom. The zero-order valence-electron chi connectivity index (χ0n) is 17.4. The molecule has 0 fully saturated rings. The van der Waals surface area contributed by atoms with Gasteiger partial charge in [-0.2, -0.15) is 0 Å². The number of benzene rings is 2. The van der Waals surface area contributed by atoms with Crippen molar-refractivity contribution >= 4 is 33.2 Å².